The molecule has 0 spiro atoms. The molecule has 0 saturated heterocycles. The number of anilines is 1. The predicted octanol–water partition coefficient (Wildman–Crippen LogP) is 3.96. The zero-order valence-corrected chi connectivity index (χ0v) is 14.7. The van der Waals surface area contributed by atoms with E-state index in [0.717, 1.165) is 0 Å². The normalized spacial score (nSPS) is 12.2. The predicted molar refractivity (Wildman–Crippen MR) is 93.1 cm³/mol. The van der Waals surface area contributed by atoms with Crippen molar-refractivity contribution in [3.05, 3.63) is 45.7 Å². The maximum atomic E-state index is 12.3. The van der Waals surface area contributed by atoms with E-state index in [2.05, 4.69) is 15.5 Å². The number of aryl methyl sites for hydroxylation is 1. The summed E-state index contributed by atoms with van der Waals surface area (Å²) in [6.45, 7) is 3.15. The fraction of sp³-hybridized carbons (Fsp3) is 0.188. The first-order chi connectivity index (χ1) is 11.8. The molecule has 2 heterocycles. The summed E-state index contributed by atoms with van der Waals surface area (Å²) in [5.41, 5.74) is 1.30. The molecule has 130 valence electrons. The van der Waals surface area contributed by atoms with Gasteiger partial charge in [-0.1, -0.05) is 28.4 Å². The number of nitrogens with zero attached hydrogens (tertiary/aromatic N) is 1. The molecule has 0 radical (unpaired) electrons. The molecule has 3 aromatic rings. The maximum Gasteiger partial charge on any atom is 0.357 e. The Kier molecular flexibility index (Phi) is 4.69. The number of hydrogen-bond donors (Lipinski definition) is 2. The summed E-state index contributed by atoms with van der Waals surface area (Å²) >= 11 is 12.1. The summed E-state index contributed by atoms with van der Waals surface area (Å²) in [4.78, 5) is 27.2. The summed E-state index contributed by atoms with van der Waals surface area (Å²) < 4.78 is 10.0. The van der Waals surface area contributed by atoms with Gasteiger partial charge in [0.25, 0.3) is 5.91 Å². The van der Waals surface area contributed by atoms with E-state index in [1.165, 1.54) is 6.92 Å². The number of fused-ring (bicyclic) bond motifs is 1. The number of ether oxygens (including phenoxy) is 1. The molecule has 25 heavy (non-hydrogen) atoms. The van der Waals surface area contributed by atoms with Crippen molar-refractivity contribution in [2.45, 2.75) is 20.0 Å². The third-order valence-electron chi connectivity index (χ3n) is 3.43. The van der Waals surface area contributed by atoms with Crippen LogP contribution in [0.15, 0.2) is 28.8 Å². The molecule has 0 aliphatic carbocycles. The van der Waals surface area contributed by atoms with Crippen molar-refractivity contribution in [3.8, 4) is 0 Å². The Labute approximate surface area is 152 Å². The number of H-pyrrole nitrogens is 1. The van der Waals surface area contributed by atoms with Gasteiger partial charge in [0.1, 0.15) is 5.69 Å². The van der Waals surface area contributed by atoms with Gasteiger partial charge in [0.15, 0.2) is 6.10 Å². The van der Waals surface area contributed by atoms with Crippen LogP contribution in [0.2, 0.25) is 10.0 Å². The second-order valence-electron chi connectivity index (χ2n) is 5.37. The molecular formula is C16H13Cl2N3O4. The number of hydrogen-bond acceptors (Lipinski definition) is 5. The monoisotopic (exact) mass is 381 g/mol. The number of nitrogens with one attached hydrogen (secondary N) is 2. The first-order valence-corrected chi connectivity index (χ1v) is 8.02. The van der Waals surface area contributed by atoms with Crippen molar-refractivity contribution in [3.63, 3.8) is 0 Å². The largest absolute Gasteiger partial charge is 0.448 e. The number of benzene rings is 1. The lowest BCUT2D eigenvalue weighted by molar-refractivity contribution is -0.123. The summed E-state index contributed by atoms with van der Waals surface area (Å²) in [6, 6.07) is 6.55. The van der Waals surface area contributed by atoms with Crippen molar-refractivity contribution >= 4 is 51.9 Å². The molecule has 0 fully saturated rings. The average Bonchev–Trinajstić information content (AvgIpc) is 3.11. The minimum absolute atomic E-state index is 0.0501. The van der Waals surface area contributed by atoms with Gasteiger partial charge in [0.05, 0.1) is 10.7 Å². The minimum atomic E-state index is -1.07. The molecule has 0 saturated carbocycles. The van der Waals surface area contributed by atoms with Crippen LogP contribution in [0.25, 0.3) is 10.9 Å². The Balaban J connectivity index is 1.73. The van der Waals surface area contributed by atoms with Crippen molar-refractivity contribution in [1.82, 2.24) is 10.1 Å². The molecule has 0 unspecified atom stereocenters. The van der Waals surface area contributed by atoms with Gasteiger partial charge in [-0.3, -0.25) is 10.1 Å². The van der Waals surface area contributed by atoms with E-state index in [9.17, 15) is 9.59 Å². The van der Waals surface area contributed by atoms with Crippen molar-refractivity contribution in [1.29, 1.82) is 0 Å². The lowest BCUT2D eigenvalue weighted by Gasteiger charge is -2.11. The first-order valence-electron chi connectivity index (χ1n) is 7.27. The molecule has 3 rings (SSSR count). The van der Waals surface area contributed by atoms with Gasteiger partial charge in [-0.05, 0) is 32.0 Å². The molecular weight excluding hydrogens is 369 g/mol. The van der Waals surface area contributed by atoms with Crippen molar-refractivity contribution < 1.29 is 18.8 Å². The van der Waals surface area contributed by atoms with Crippen molar-refractivity contribution in [2.75, 3.05) is 5.32 Å². The second-order valence-corrected chi connectivity index (χ2v) is 6.19. The van der Waals surface area contributed by atoms with E-state index in [4.69, 9.17) is 32.5 Å². The fourth-order valence-corrected chi connectivity index (χ4v) is 2.64. The Hall–Kier alpha value is -2.51. The van der Waals surface area contributed by atoms with E-state index >= 15 is 0 Å². The van der Waals surface area contributed by atoms with E-state index in [0.29, 0.717) is 21.6 Å². The summed E-state index contributed by atoms with van der Waals surface area (Å²) in [5, 5.41) is 7.38. The van der Waals surface area contributed by atoms with Crippen LogP contribution in [0.3, 0.4) is 0 Å². The van der Waals surface area contributed by atoms with Gasteiger partial charge in [-0.25, -0.2) is 4.79 Å². The Morgan fingerprint density at radius 3 is 2.76 bits per heavy atom. The van der Waals surface area contributed by atoms with Crippen LogP contribution >= 0.6 is 23.2 Å². The highest BCUT2D eigenvalue weighted by molar-refractivity contribution is 6.39. The summed E-state index contributed by atoms with van der Waals surface area (Å²) in [7, 11) is 0. The van der Waals surface area contributed by atoms with Crippen LogP contribution in [0, 0.1) is 6.92 Å². The number of amides is 1. The van der Waals surface area contributed by atoms with Gasteiger partial charge in [0.2, 0.25) is 5.88 Å². The average molecular weight is 382 g/mol. The number of halogens is 2. The van der Waals surface area contributed by atoms with Crippen molar-refractivity contribution in [2.24, 2.45) is 0 Å². The molecule has 2 aromatic heterocycles. The molecule has 1 aromatic carbocycles. The number of aromatic amines is 1. The molecule has 2 N–H and O–H groups in total. The number of rotatable bonds is 4. The SMILES string of the molecule is Cc1cc(NC(=O)[C@H](C)OC(=O)c2[nH]c3ccc(Cl)cc3c2Cl)on1. The van der Waals surface area contributed by atoms with Gasteiger partial charge in [0, 0.05) is 22.0 Å². The van der Waals surface area contributed by atoms with E-state index in [-0.39, 0.29) is 16.6 Å². The number of aromatic nitrogens is 2. The van der Waals surface area contributed by atoms with E-state index in [1.54, 1.807) is 31.2 Å². The van der Waals surface area contributed by atoms with E-state index < -0.39 is 18.0 Å². The van der Waals surface area contributed by atoms with Crippen LogP contribution in [0.4, 0.5) is 5.88 Å². The van der Waals surface area contributed by atoms with Crippen LogP contribution in [0.1, 0.15) is 23.1 Å². The maximum absolute atomic E-state index is 12.3. The standard InChI is InChI=1S/C16H13Cl2N3O4/c1-7-5-12(25-21-7)20-15(22)8(2)24-16(23)14-13(18)10-6-9(17)3-4-11(10)19-14/h3-6,8,19H,1-2H3,(H,20,22)/t8-/m0/s1. The van der Waals surface area contributed by atoms with Gasteiger partial charge >= 0.3 is 5.97 Å². The van der Waals surface area contributed by atoms with E-state index in [1.807, 2.05) is 0 Å². The Morgan fingerprint density at radius 1 is 1.32 bits per heavy atom. The highest BCUT2D eigenvalue weighted by Crippen LogP contribution is 2.30. The lowest BCUT2D eigenvalue weighted by atomic mass is 10.2. The van der Waals surface area contributed by atoms with Gasteiger partial charge in [-0.15, -0.1) is 0 Å². The summed E-state index contributed by atoms with van der Waals surface area (Å²) in [5.74, 6) is -1.14. The lowest BCUT2D eigenvalue weighted by Crippen LogP contribution is -2.30. The number of esters is 1. The zero-order chi connectivity index (χ0) is 18.1. The van der Waals surface area contributed by atoms with Gasteiger partial charge in [-0.2, -0.15) is 0 Å². The fourth-order valence-electron chi connectivity index (χ4n) is 2.19. The van der Waals surface area contributed by atoms with Crippen LogP contribution in [0.5, 0.6) is 0 Å². The third kappa shape index (κ3) is 3.62. The number of carbonyl (C=O) groups is 2. The van der Waals surface area contributed by atoms with Crippen LogP contribution in [-0.4, -0.2) is 28.1 Å². The molecule has 1 atom stereocenters. The summed E-state index contributed by atoms with van der Waals surface area (Å²) in [6.07, 6.45) is -1.07. The first kappa shape index (κ1) is 17.3. The van der Waals surface area contributed by atoms with Crippen LogP contribution in [-0.2, 0) is 9.53 Å². The topological polar surface area (TPSA) is 97.2 Å². The molecule has 1 amide bonds. The van der Waals surface area contributed by atoms with Crippen LogP contribution < -0.4 is 5.32 Å². The minimum Gasteiger partial charge on any atom is -0.448 e. The highest BCUT2D eigenvalue weighted by Gasteiger charge is 2.24. The van der Waals surface area contributed by atoms with Gasteiger partial charge < -0.3 is 14.2 Å². The zero-order valence-electron chi connectivity index (χ0n) is 13.2. The number of carbonyl (C=O) groups excluding carboxylic acids is 2. The highest BCUT2D eigenvalue weighted by atomic mass is 35.5. The smallest absolute Gasteiger partial charge is 0.357 e. The Bertz CT molecular complexity index is 964. The molecule has 7 nitrogen and oxygen atoms in total. The Morgan fingerprint density at radius 2 is 2.08 bits per heavy atom. The molecule has 9 heteroatoms. The quantitative estimate of drug-likeness (QED) is 0.666. The second kappa shape index (κ2) is 6.78. The third-order valence-corrected chi connectivity index (χ3v) is 4.06. The molecule has 0 aliphatic rings. The molecule has 0 aliphatic heterocycles. The molecule has 0 bridgehead atoms.